The fourth-order valence-electron chi connectivity index (χ4n) is 2.70. The molecule has 1 aromatic carbocycles. The van der Waals surface area contributed by atoms with E-state index in [4.69, 9.17) is 14.2 Å². The highest BCUT2D eigenvalue weighted by molar-refractivity contribution is 5.65. The molecule has 1 aromatic rings. The number of esters is 1. The van der Waals surface area contributed by atoms with E-state index in [0.717, 1.165) is 19.3 Å². The summed E-state index contributed by atoms with van der Waals surface area (Å²) < 4.78 is 16.2. The van der Waals surface area contributed by atoms with Gasteiger partial charge < -0.3 is 14.2 Å². The summed E-state index contributed by atoms with van der Waals surface area (Å²) >= 11 is 0. The highest BCUT2D eigenvalue weighted by Gasteiger charge is 2.23. The molecule has 116 valence electrons. The first kappa shape index (κ1) is 16.0. The molecule has 0 radical (unpaired) electrons. The molecule has 0 amide bonds. The van der Waals surface area contributed by atoms with Gasteiger partial charge in [-0.1, -0.05) is 12.1 Å². The van der Waals surface area contributed by atoms with Crippen molar-refractivity contribution in [2.45, 2.75) is 46.3 Å². The first-order valence-corrected chi connectivity index (χ1v) is 7.55. The molecule has 1 aliphatic rings. The molecule has 0 N–H and O–H groups in total. The van der Waals surface area contributed by atoms with Gasteiger partial charge in [0.05, 0.1) is 19.8 Å². The third kappa shape index (κ3) is 4.29. The van der Waals surface area contributed by atoms with Crippen molar-refractivity contribution >= 4 is 5.97 Å². The molecule has 0 saturated carbocycles. The van der Waals surface area contributed by atoms with E-state index in [2.05, 4.69) is 26.0 Å². The molecule has 4 nitrogen and oxygen atoms in total. The maximum Gasteiger partial charge on any atom is 0.302 e. The molecule has 4 heteroatoms. The van der Waals surface area contributed by atoms with Crippen LogP contribution in [0.4, 0.5) is 0 Å². The highest BCUT2D eigenvalue weighted by atomic mass is 16.7. The molecule has 1 saturated heterocycles. The third-order valence-electron chi connectivity index (χ3n) is 3.85. The standard InChI is InChI=1S/C17H24O4/c1-12-7-8-15(6-4-5-9-19-14(3)18)13(2)16(12)17-20-10-11-21-17/h7-8,17H,4-6,9-11H2,1-3H3. The van der Waals surface area contributed by atoms with Gasteiger partial charge in [-0.05, 0) is 49.8 Å². The lowest BCUT2D eigenvalue weighted by Gasteiger charge is -2.18. The van der Waals surface area contributed by atoms with E-state index in [9.17, 15) is 4.79 Å². The van der Waals surface area contributed by atoms with Gasteiger partial charge in [-0.2, -0.15) is 0 Å². The van der Waals surface area contributed by atoms with Crippen molar-refractivity contribution < 1.29 is 19.0 Å². The van der Waals surface area contributed by atoms with Crippen LogP contribution in [0, 0.1) is 13.8 Å². The Kier molecular flexibility index (Phi) is 5.76. The summed E-state index contributed by atoms with van der Waals surface area (Å²) in [6.45, 7) is 7.50. The zero-order chi connectivity index (χ0) is 15.2. The average molecular weight is 292 g/mol. The Morgan fingerprint density at radius 3 is 2.62 bits per heavy atom. The molecule has 0 aliphatic carbocycles. The fourth-order valence-corrected chi connectivity index (χ4v) is 2.70. The average Bonchev–Trinajstić information content (AvgIpc) is 2.94. The van der Waals surface area contributed by atoms with E-state index < -0.39 is 0 Å². The van der Waals surface area contributed by atoms with Crippen LogP contribution in [0.3, 0.4) is 0 Å². The monoisotopic (exact) mass is 292 g/mol. The number of aryl methyl sites for hydroxylation is 2. The summed E-state index contributed by atoms with van der Waals surface area (Å²) in [6, 6.07) is 4.31. The number of ether oxygens (including phenoxy) is 3. The van der Waals surface area contributed by atoms with Gasteiger partial charge in [0.2, 0.25) is 0 Å². The molecule has 2 rings (SSSR count). The van der Waals surface area contributed by atoms with Crippen LogP contribution in [0.1, 0.15) is 48.3 Å². The zero-order valence-electron chi connectivity index (χ0n) is 13.1. The summed E-state index contributed by atoms with van der Waals surface area (Å²) in [5.74, 6) is -0.209. The lowest BCUT2D eigenvalue weighted by Crippen LogP contribution is -2.07. The summed E-state index contributed by atoms with van der Waals surface area (Å²) in [5.41, 5.74) is 4.96. The largest absolute Gasteiger partial charge is 0.466 e. The number of rotatable bonds is 6. The molecule has 21 heavy (non-hydrogen) atoms. The quantitative estimate of drug-likeness (QED) is 0.596. The van der Waals surface area contributed by atoms with Gasteiger partial charge in [-0.15, -0.1) is 0 Å². The van der Waals surface area contributed by atoms with Gasteiger partial charge in [0, 0.05) is 12.5 Å². The first-order valence-electron chi connectivity index (χ1n) is 7.55. The molecule has 0 aromatic heterocycles. The van der Waals surface area contributed by atoms with Gasteiger partial charge in [-0.25, -0.2) is 0 Å². The number of unbranched alkanes of at least 4 members (excludes halogenated alkanes) is 1. The fraction of sp³-hybridized carbons (Fsp3) is 0.588. The van der Waals surface area contributed by atoms with Crippen LogP contribution < -0.4 is 0 Å². The lowest BCUT2D eigenvalue weighted by molar-refractivity contribution is -0.141. The zero-order valence-corrected chi connectivity index (χ0v) is 13.1. The summed E-state index contributed by atoms with van der Waals surface area (Å²) in [4.78, 5) is 10.7. The Labute approximate surface area is 126 Å². The van der Waals surface area contributed by atoms with Crippen LogP contribution in [-0.2, 0) is 25.4 Å². The second-order valence-electron chi connectivity index (χ2n) is 5.45. The molecular weight excluding hydrogens is 268 g/mol. The van der Waals surface area contributed by atoms with Crippen LogP contribution in [0.25, 0.3) is 0 Å². The van der Waals surface area contributed by atoms with Crippen molar-refractivity contribution in [1.82, 2.24) is 0 Å². The van der Waals surface area contributed by atoms with Crippen LogP contribution in [0.15, 0.2) is 12.1 Å². The first-order chi connectivity index (χ1) is 10.1. The molecule has 1 fully saturated rings. The van der Waals surface area contributed by atoms with E-state index in [0.29, 0.717) is 19.8 Å². The Balaban J connectivity index is 1.97. The van der Waals surface area contributed by atoms with Crippen LogP contribution in [-0.4, -0.2) is 25.8 Å². The molecule has 0 atom stereocenters. The Morgan fingerprint density at radius 1 is 1.24 bits per heavy atom. The predicted molar refractivity (Wildman–Crippen MR) is 80.1 cm³/mol. The maximum absolute atomic E-state index is 10.7. The third-order valence-corrected chi connectivity index (χ3v) is 3.85. The van der Waals surface area contributed by atoms with Gasteiger partial charge in [-0.3, -0.25) is 4.79 Å². The SMILES string of the molecule is CC(=O)OCCCCc1ccc(C)c(C2OCCO2)c1C. The van der Waals surface area contributed by atoms with Crippen molar-refractivity contribution in [3.63, 3.8) is 0 Å². The number of carbonyl (C=O) groups is 1. The van der Waals surface area contributed by atoms with Gasteiger partial charge in [0.1, 0.15) is 0 Å². The van der Waals surface area contributed by atoms with Gasteiger partial charge >= 0.3 is 5.97 Å². The smallest absolute Gasteiger partial charge is 0.302 e. The van der Waals surface area contributed by atoms with Crippen molar-refractivity contribution in [2.24, 2.45) is 0 Å². The summed E-state index contributed by atoms with van der Waals surface area (Å²) in [7, 11) is 0. The van der Waals surface area contributed by atoms with Crippen LogP contribution in [0.5, 0.6) is 0 Å². The highest BCUT2D eigenvalue weighted by Crippen LogP contribution is 2.31. The molecular formula is C17H24O4. The van der Waals surface area contributed by atoms with Crippen LogP contribution >= 0.6 is 0 Å². The minimum Gasteiger partial charge on any atom is -0.466 e. The normalized spacial score (nSPS) is 15.4. The Hall–Kier alpha value is -1.39. The number of hydrogen-bond donors (Lipinski definition) is 0. The molecule has 1 aliphatic heterocycles. The minimum absolute atomic E-state index is 0.209. The number of hydrogen-bond acceptors (Lipinski definition) is 4. The summed E-state index contributed by atoms with van der Waals surface area (Å²) in [5, 5.41) is 0. The lowest BCUT2D eigenvalue weighted by atomic mass is 9.94. The van der Waals surface area contributed by atoms with E-state index >= 15 is 0 Å². The van der Waals surface area contributed by atoms with E-state index in [1.807, 2.05) is 0 Å². The van der Waals surface area contributed by atoms with Gasteiger partial charge in [0.15, 0.2) is 6.29 Å². The van der Waals surface area contributed by atoms with Crippen LogP contribution in [0.2, 0.25) is 0 Å². The Morgan fingerprint density at radius 2 is 1.95 bits per heavy atom. The summed E-state index contributed by atoms with van der Waals surface area (Å²) in [6.07, 6.45) is 2.65. The maximum atomic E-state index is 10.7. The second-order valence-corrected chi connectivity index (χ2v) is 5.45. The van der Waals surface area contributed by atoms with E-state index in [-0.39, 0.29) is 12.3 Å². The topological polar surface area (TPSA) is 44.8 Å². The van der Waals surface area contributed by atoms with Gasteiger partial charge in [0.25, 0.3) is 0 Å². The number of benzene rings is 1. The minimum atomic E-state index is -0.217. The molecule has 0 spiro atoms. The number of carbonyl (C=O) groups excluding carboxylic acids is 1. The van der Waals surface area contributed by atoms with Crippen molar-refractivity contribution in [3.05, 3.63) is 34.4 Å². The molecule has 0 unspecified atom stereocenters. The molecule has 1 heterocycles. The van der Waals surface area contributed by atoms with E-state index in [1.165, 1.54) is 29.2 Å². The predicted octanol–water partition coefficient (Wildman–Crippen LogP) is 3.23. The van der Waals surface area contributed by atoms with Crippen molar-refractivity contribution in [2.75, 3.05) is 19.8 Å². The van der Waals surface area contributed by atoms with Crippen molar-refractivity contribution in [3.8, 4) is 0 Å². The second kappa shape index (κ2) is 7.57. The molecule has 0 bridgehead atoms. The Bertz CT molecular complexity index is 490. The van der Waals surface area contributed by atoms with E-state index in [1.54, 1.807) is 0 Å². The van der Waals surface area contributed by atoms with Crippen molar-refractivity contribution in [1.29, 1.82) is 0 Å².